The van der Waals surface area contributed by atoms with Gasteiger partial charge in [-0.25, -0.2) is 4.79 Å². The minimum Gasteiger partial charge on any atom is -0.465 e. The SMILES string of the molecule is NC(c1cccnc1)C1CCN(C(=O)O)CC1. The second-order valence-electron chi connectivity index (χ2n) is 4.42. The van der Waals surface area contributed by atoms with E-state index >= 15 is 0 Å². The van der Waals surface area contributed by atoms with E-state index in [-0.39, 0.29) is 6.04 Å². The minimum atomic E-state index is -0.835. The third-order valence-electron chi connectivity index (χ3n) is 3.39. The lowest BCUT2D eigenvalue weighted by Gasteiger charge is -2.33. The molecule has 1 unspecified atom stereocenters. The van der Waals surface area contributed by atoms with Gasteiger partial charge in [0.05, 0.1) is 0 Å². The summed E-state index contributed by atoms with van der Waals surface area (Å²) in [5.41, 5.74) is 7.21. The van der Waals surface area contributed by atoms with Crippen molar-refractivity contribution in [2.24, 2.45) is 11.7 Å². The van der Waals surface area contributed by atoms with Crippen LogP contribution in [-0.2, 0) is 0 Å². The second-order valence-corrected chi connectivity index (χ2v) is 4.42. The number of rotatable bonds is 2. The number of carboxylic acid groups (broad SMARTS) is 1. The molecule has 1 saturated heterocycles. The molecule has 1 aliphatic heterocycles. The van der Waals surface area contributed by atoms with Crippen molar-refractivity contribution in [2.45, 2.75) is 18.9 Å². The van der Waals surface area contributed by atoms with Crippen molar-refractivity contribution in [2.75, 3.05) is 13.1 Å². The first-order valence-corrected chi connectivity index (χ1v) is 5.82. The lowest BCUT2D eigenvalue weighted by atomic mass is 9.87. The largest absolute Gasteiger partial charge is 0.465 e. The molecule has 92 valence electrons. The fourth-order valence-corrected chi connectivity index (χ4v) is 2.30. The molecule has 1 atom stereocenters. The van der Waals surface area contributed by atoms with E-state index in [0.717, 1.165) is 18.4 Å². The van der Waals surface area contributed by atoms with Crippen molar-refractivity contribution < 1.29 is 9.90 Å². The Balaban J connectivity index is 1.95. The Morgan fingerprint density at radius 3 is 2.76 bits per heavy atom. The lowest BCUT2D eigenvalue weighted by molar-refractivity contribution is 0.120. The van der Waals surface area contributed by atoms with E-state index in [4.69, 9.17) is 10.8 Å². The van der Waals surface area contributed by atoms with Gasteiger partial charge in [0.15, 0.2) is 0 Å². The molecule has 0 saturated carbocycles. The van der Waals surface area contributed by atoms with E-state index in [2.05, 4.69) is 4.98 Å². The molecule has 2 rings (SSSR count). The average Bonchev–Trinajstić information content (AvgIpc) is 2.39. The zero-order valence-electron chi connectivity index (χ0n) is 9.62. The van der Waals surface area contributed by atoms with Crippen molar-refractivity contribution in [3.8, 4) is 0 Å². The summed E-state index contributed by atoms with van der Waals surface area (Å²) in [5, 5.41) is 8.86. The fraction of sp³-hybridized carbons (Fsp3) is 0.500. The molecule has 1 aromatic heterocycles. The maximum atomic E-state index is 10.8. The predicted molar refractivity (Wildman–Crippen MR) is 63.5 cm³/mol. The van der Waals surface area contributed by atoms with E-state index in [1.165, 1.54) is 4.90 Å². The van der Waals surface area contributed by atoms with Gasteiger partial charge in [-0.15, -0.1) is 0 Å². The van der Waals surface area contributed by atoms with Gasteiger partial charge in [-0.05, 0) is 30.4 Å². The normalized spacial score (nSPS) is 19.0. The van der Waals surface area contributed by atoms with E-state index in [1.807, 2.05) is 12.1 Å². The highest BCUT2D eigenvalue weighted by Gasteiger charge is 2.27. The van der Waals surface area contributed by atoms with E-state index in [9.17, 15) is 4.79 Å². The molecule has 1 fully saturated rings. The Hall–Kier alpha value is -1.62. The Morgan fingerprint density at radius 1 is 1.53 bits per heavy atom. The van der Waals surface area contributed by atoms with Crippen LogP contribution in [0.2, 0.25) is 0 Å². The monoisotopic (exact) mass is 235 g/mol. The van der Waals surface area contributed by atoms with Crippen LogP contribution in [0.1, 0.15) is 24.4 Å². The summed E-state index contributed by atoms with van der Waals surface area (Å²) in [5.74, 6) is 0.342. The zero-order valence-corrected chi connectivity index (χ0v) is 9.62. The van der Waals surface area contributed by atoms with E-state index < -0.39 is 6.09 Å². The van der Waals surface area contributed by atoms with Crippen LogP contribution in [0, 0.1) is 5.92 Å². The number of nitrogens with two attached hydrogens (primary N) is 1. The summed E-state index contributed by atoms with van der Waals surface area (Å²) in [6.07, 6.45) is 4.32. The maximum Gasteiger partial charge on any atom is 0.407 e. The Bertz CT molecular complexity index is 375. The molecule has 1 aromatic rings. The van der Waals surface area contributed by atoms with Crippen LogP contribution in [0.5, 0.6) is 0 Å². The van der Waals surface area contributed by atoms with Crippen LogP contribution < -0.4 is 5.73 Å². The summed E-state index contributed by atoms with van der Waals surface area (Å²) in [4.78, 5) is 16.3. The molecule has 0 spiro atoms. The van der Waals surface area contributed by atoms with Crippen molar-refractivity contribution in [3.05, 3.63) is 30.1 Å². The van der Waals surface area contributed by atoms with Gasteiger partial charge in [0.1, 0.15) is 0 Å². The molecule has 3 N–H and O–H groups in total. The van der Waals surface area contributed by atoms with Gasteiger partial charge in [-0.2, -0.15) is 0 Å². The number of carbonyl (C=O) groups is 1. The van der Waals surface area contributed by atoms with Gasteiger partial charge < -0.3 is 15.7 Å². The summed E-state index contributed by atoms with van der Waals surface area (Å²) in [6, 6.07) is 3.81. The molecule has 1 aliphatic rings. The van der Waals surface area contributed by atoms with Gasteiger partial charge in [0.25, 0.3) is 0 Å². The molecule has 17 heavy (non-hydrogen) atoms. The highest BCUT2D eigenvalue weighted by Crippen LogP contribution is 2.28. The minimum absolute atomic E-state index is 0.0420. The van der Waals surface area contributed by atoms with Gasteiger partial charge >= 0.3 is 6.09 Å². The summed E-state index contributed by atoms with van der Waals surface area (Å²) in [7, 11) is 0. The maximum absolute atomic E-state index is 10.8. The van der Waals surface area contributed by atoms with E-state index in [0.29, 0.717) is 19.0 Å². The molecule has 0 aromatic carbocycles. The first-order chi connectivity index (χ1) is 8.18. The van der Waals surface area contributed by atoms with Crippen molar-refractivity contribution in [1.29, 1.82) is 0 Å². The van der Waals surface area contributed by atoms with Gasteiger partial charge in [-0.3, -0.25) is 4.98 Å². The van der Waals surface area contributed by atoms with Crippen LogP contribution in [0.3, 0.4) is 0 Å². The molecule has 0 radical (unpaired) electrons. The number of nitrogens with zero attached hydrogens (tertiary/aromatic N) is 2. The number of likely N-dealkylation sites (tertiary alicyclic amines) is 1. The number of hydrogen-bond donors (Lipinski definition) is 2. The molecule has 0 aliphatic carbocycles. The summed E-state index contributed by atoms with van der Waals surface area (Å²) >= 11 is 0. The fourth-order valence-electron chi connectivity index (χ4n) is 2.30. The first kappa shape index (κ1) is 11.9. The standard InChI is InChI=1S/C12H17N3O2/c13-11(10-2-1-5-14-8-10)9-3-6-15(7-4-9)12(16)17/h1-2,5,8-9,11H,3-4,6-7,13H2,(H,16,17). The predicted octanol–water partition coefficient (Wildman–Crippen LogP) is 1.47. The first-order valence-electron chi connectivity index (χ1n) is 5.82. The highest BCUT2D eigenvalue weighted by molar-refractivity contribution is 5.64. The van der Waals surface area contributed by atoms with Gasteiger partial charge in [0.2, 0.25) is 0 Å². The Labute approximate surface area is 100 Å². The van der Waals surface area contributed by atoms with Crippen molar-refractivity contribution in [1.82, 2.24) is 9.88 Å². The summed E-state index contributed by atoms with van der Waals surface area (Å²) < 4.78 is 0. The number of piperidine rings is 1. The quantitative estimate of drug-likeness (QED) is 0.813. The number of aromatic nitrogens is 1. The average molecular weight is 235 g/mol. The van der Waals surface area contributed by atoms with Crippen LogP contribution in [-0.4, -0.2) is 34.2 Å². The second kappa shape index (κ2) is 5.14. The molecule has 2 heterocycles. The smallest absolute Gasteiger partial charge is 0.407 e. The van der Waals surface area contributed by atoms with Crippen molar-refractivity contribution in [3.63, 3.8) is 0 Å². The third-order valence-corrected chi connectivity index (χ3v) is 3.39. The topological polar surface area (TPSA) is 79.5 Å². The third kappa shape index (κ3) is 2.74. The number of hydrogen-bond acceptors (Lipinski definition) is 3. The molecular weight excluding hydrogens is 218 g/mol. The molecule has 5 nitrogen and oxygen atoms in total. The summed E-state index contributed by atoms with van der Waals surface area (Å²) in [6.45, 7) is 1.15. The molecule has 0 bridgehead atoms. The van der Waals surface area contributed by atoms with Crippen LogP contribution in [0.4, 0.5) is 4.79 Å². The lowest BCUT2D eigenvalue weighted by Crippen LogP contribution is -2.40. The van der Waals surface area contributed by atoms with Crippen LogP contribution in [0.25, 0.3) is 0 Å². The highest BCUT2D eigenvalue weighted by atomic mass is 16.4. The van der Waals surface area contributed by atoms with E-state index in [1.54, 1.807) is 12.4 Å². The molecular formula is C12H17N3O2. The van der Waals surface area contributed by atoms with Crippen LogP contribution in [0.15, 0.2) is 24.5 Å². The van der Waals surface area contributed by atoms with Gasteiger partial charge in [0, 0.05) is 31.5 Å². The Kier molecular flexibility index (Phi) is 3.58. The number of amides is 1. The van der Waals surface area contributed by atoms with Gasteiger partial charge in [-0.1, -0.05) is 6.07 Å². The molecule has 1 amide bonds. The van der Waals surface area contributed by atoms with Crippen molar-refractivity contribution >= 4 is 6.09 Å². The Morgan fingerprint density at radius 2 is 2.24 bits per heavy atom. The number of pyridine rings is 1. The zero-order chi connectivity index (χ0) is 12.3. The molecule has 5 heteroatoms. The van der Waals surface area contributed by atoms with Crippen LogP contribution >= 0.6 is 0 Å².